The van der Waals surface area contributed by atoms with Gasteiger partial charge in [0.15, 0.2) is 6.04 Å². The maximum atomic E-state index is 13.2. The van der Waals surface area contributed by atoms with Crippen molar-refractivity contribution >= 4 is 29.1 Å². The zero-order valence-electron chi connectivity index (χ0n) is 18.4. The maximum absolute atomic E-state index is 13.2. The predicted octanol–water partition coefficient (Wildman–Crippen LogP) is 4.64. The van der Waals surface area contributed by atoms with Crippen LogP contribution in [0.2, 0.25) is 0 Å². The molecule has 1 aliphatic heterocycles. The van der Waals surface area contributed by atoms with Crippen LogP contribution in [0.25, 0.3) is 0 Å². The molecule has 1 aliphatic rings. The molecule has 0 N–H and O–H groups in total. The Labute approximate surface area is 177 Å². The molecule has 0 bridgehead atoms. The van der Waals surface area contributed by atoms with Gasteiger partial charge in [-0.05, 0) is 82.0 Å². The van der Waals surface area contributed by atoms with Gasteiger partial charge in [0.2, 0.25) is 5.84 Å². The molecule has 2 aromatic carbocycles. The average molecular weight is 408 g/mol. The summed E-state index contributed by atoms with van der Waals surface area (Å²) in [5, 5.41) is 0. The van der Waals surface area contributed by atoms with Crippen molar-refractivity contribution in [1.29, 1.82) is 0 Å². The van der Waals surface area contributed by atoms with Crippen LogP contribution in [0, 0.1) is 27.7 Å². The van der Waals surface area contributed by atoms with Gasteiger partial charge in [0.1, 0.15) is 0 Å². The van der Waals surface area contributed by atoms with Crippen molar-refractivity contribution in [2.24, 2.45) is 4.99 Å². The summed E-state index contributed by atoms with van der Waals surface area (Å²) in [4.78, 5) is 32.4. The van der Waals surface area contributed by atoms with Crippen molar-refractivity contribution < 1.29 is 19.1 Å². The van der Waals surface area contributed by atoms with E-state index in [1.807, 2.05) is 58.0 Å². The fourth-order valence-corrected chi connectivity index (χ4v) is 3.97. The highest BCUT2D eigenvalue weighted by molar-refractivity contribution is 6.42. The molecule has 2 aromatic rings. The van der Waals surface area contributed by atoms with Crippen LogP contribution in [-0.2, 0) is 19.1 Å². The van der Waals surface area contributed by atoms with Gasteiger partial charge in [-0.25, -0.2) is 14.6 Å². The lowest BCUT2D eigenvalue weighted by atomic mass is 9.93. The highest BCUT2D eigenvalue weighted by Gasteiger charge is 2.41. The summed E-state index contributed by atoms with van der Waals surface area (Å²) in [6.45, 7) is 11.8. The molecule has 0 aliphatic carbocycles. The second-order valence-electron chi connectivity index (χ2n) is 7.54. The molecule has 1 heterocycles. The van der Waals surface area contributed by atoms with Gasteiger partial charge in [-0.3, -0.25) is 0 Å². The number of ether oxygens (including phenoxy) is 2. The van der Waals surface area contributed by atoms with Crippen molar-refractivity contribution in [1.82, 2.24) is 0 Å². The number of fused-ring (bicyclic) bond motifs is 1. The highest BCUT2D eigenvalue weighted by Crippen LogP contribution is 2.41. The van der Waals surface area contributed by atoms with Crippen molar-refractivity contribution in [3.63, 3.8) is 0 Å². The summed E-state index contributed by atoms with van der Waals surface area (Å²) < 4.78 is 10.7. The molecule has 0 fully saturated rings. The molecule has 1 unspecified atom stereocenters. The van der Waals surface area contributed by atoms with E-state index in [0.717, 1.165) is 27.8 Å². The summed E-state index contributed by atoms with van der Waals surface area (Å²) >= 11 is 0. The van der Waals surface area contributed by atoms with Crippen LogP contribution in [-0.4, -0.2) is 31.0 Å². The molecule has 0 saturated carbocycles. The molecular formula is C24H28N2O4. The standard InChI is InChI=1S/C24H28N2O4/c1-7-29-23(27)21-20-17(6)10-16(5)13-19(20)25-22(24(28)30-8-2)26(21)18-11-14(3)9-15(4)12-18/h9-13,21H,7-8H2,1-6H3. The fourth-order valence-electron chi connectivity index (χ4n) is 3.97. The summed E-state index contributed by atoms with van der Waals surface area (Å²) in [6, 6.07) is 8.96. The molecule has 6 heteroatoms. The second kappa shape index (κ2) is 8.69. The Hall–Kier alpha value is -3.15. The monoisotopic (exact) mass is 408 g/mol. The summed E-state index contributed by atoms with van der Waals surface area (Å²) in [5.41, 5.74) is 5.98. The number of anilines is 1. The normalized spacial score (nSPS) is 15.3. The molecule has 1 atom stereocenters. The predicted molar refractivity (Wildman–Crippen MR) is 117 cm³/mol. The first-order chi connectivity index (χ1) is 14.3. The first-order valence-corrected chi connectivity index (χ1v) is 10.2. The fraction of sp³-hybridized carbons (Fsp3) is 0.375. The Morgan fingerprint density at radius 2 is 1.50 bits per heavy atom. The Morgan fingerprint density at radius 3 is 2.10 bits per heavy atom. The lowest BCUT2D eigenvalue weighted by Gasteiger charge is -2.37. The van der Waals surface area contributed by atoms with Gasteiger partial charge in [0, 0.05) is 11.3 Å². The van der Waals surface area contributed by atoms with Crippen molar-refractivity contribution in [3.8, 4) is 0 Å². The van der Waals surface area contributed by atoms with E-state index >= 15 is 0 Å². The van der Waals surface area contributed by atoms with Crippen LogP contribution in [0.4, 0.5) is 11.4 Å². The van der Waals surface area contributed by atoms with E-state index in [0.29, 0.717) is 11.4 Å². The van der Waals surface area contributed by atoms with Gasteiger partial charge < -0.3 is 14.4 Å². The smallest absolute Gasteiger partial charge is 0.374 e. The summed E-state index contributed by atoms with van der Waals surface area (Å²) in [6.07, 6.45) is 0. The number of carbonyl (C=O) groups is 2. The van der Waals surface area contributed by atoms with Crippen LogP contribution in [0.5, 0.6) is 0 Å². The first-order valence-electron chi connectivity index (χ1n) is 10.2. The van der Waals surface area contributed by atoms with Gasteiger partial charge in [0.25, 0.3) is 0 Å². The third-order valence-corrected chi connectivity index (χ3v) is 4.95. The number of amidine groups is 1. The molecule has 0 spiro atoms. The van der Waals surface area contributed by atoms with Gasteiger partial charge >= 0.3 is 11.9 Å². The number of benzene rings is 2. The maximum Gasteiger partial charge on any atom is 0.374 e. The average Bonchev–Trinajstić information content (AvgIpc) is 2.65. The minimum Gasteiger partial charge on any atom is -0.464 e. The first kappa shape index (κ1) is 21.6. The number of esters is 2. The molecule has 0 amide bonds. The van der Waals surface area contributed by atoms with E-state index in [9.17, 15) is 9.59 Å². The van der Waals surface area contributed by atoms with Crippen molar-refractivity contribution in [3.05, 3.63) is 58.1 Å². The number of nitrogens with zero attached hydrogens (tertiary/aromatic N) is 2. The Morgan fingerprint density at radius 1 is 0.900 bits per heavy atom. The minimum atomic E-state index is -0.835. The van der Waals surface area contributed by atoms with E-state index < -0.39 is 18.0 Å². The molecule has 0 saturated heterocycles. The molecule has 3 rings (SSSR count). The molecule has 0 radical (unpaired) electrons. The highest BCUT2D eigenvalue weighted by atomic mass is 16.5. The van der Waals surface area contributed by atoms with E-state index in [1.54, 1.807) is 18.7 Å². The van der Waals surface area contributed by atoms with Gasteiger partial charge in [-0.1, -0.05) is 12.1 Å². The van der Waals surface area contributed by atoms with E-state index in [-0.39, 0.29) is 19.0 Å². The minimum absolute atomic E-state index is 0.0809. The number of aryl methyl sites for hydroxylation is 4. The zero-order chi connectivity index (χ0) is 22.0. The van der Waals surface area contributed by atoms with E-state index in [2.05, 4.69) is 4.99 Å². The largest absolute Gasteiger partial charge is 0.464 e. The number of rotatable bonds is 5. The Kier molecular flexibility index (Phi) is 6.25. The van der Waals surface area contributed by atoms with Crippen LogP contribution >= 0.6 is 0 Å². The van der Waals surface area contributed by atoms with Crippen LogP contribution in [0.3, 0.4) is 0 Å². The number of carbonyl (C=O) groups excluding carboxylic acids is 2. The molecule has 30 heavy (non-hydrogen) atoms. The van der Waals surface area contributed by atoms with Gasteiger partial charge in [-0.2, -0.15) is 0 Å². The Balaban J connectivity index is 2.33. The number of aliphatic imine (C=N–C) groups is 1. The second-order valence-corrected chi connectivity index (χ2v) is 7.54. The molecular weight excluding hydrogens is 380 g/mol. The van der Waals surface area contributed by atoms with Crippen LogP contribution < -0.4 is 4.90 Å². The number of hydrogen-bond donors (Lipinski definition) is 0. The SMILES string of the molecule is CCOC(=O)C1=Nc2cc(C)cc(C)c2C(C(=O)OCC)N1c1cc(C)cc(C)c1. The van der Waals surface area contributed by atoms with Crippen LogP contribution in [0.15, 0.2) is 35.3 Å². The zero-order valence-corrected chi connectivity index (χ0v) is 18.4. The molecule has 0 aromatic heterocycles. The Bertz CT molecular complexity index is 1010. The van der Waals surface area contributed by atoms with Crippen molar-refractivity contribution in [2.45, 2.75) is 47.6 Å². The van der Waals surface area contributed by atoms with Gasteiger partial charge in [0.05, 0.1) is 18.9 Å². The number of hydrogen-bond acceptors (Lipinski definition) is 6. The lowest BCUT2D eigenvalue weighted by Crippen LogP contribution is -2.46. The van der Waals surface area contributed by atoms with Gasteiger partial charge in [-0.15, -0.1) is 0 Å². The third kappa shape index (κ3) is 4.08. The van der Waals surface area contributed by atoms with Crippen LogP contribution in [0.1, 0.15) is 47.7 Å². The van der Waals surface area contributed by atoms with E-state index in [4.69, 9.17) is 9.47 Å². The summed E-state index contributed by atoms with van der Waals surface area (Å²) in [5.74, 6) is -0.922. The summed E-state index contributed by atoms with van der Waals surface area (Å²) in [7, 11) is 0. The molecule has 158 valence electrons. The quantitative estimate of drug-likeness (QED) is 0.675. The lowest BCUT2D eigenvalue weighted by molar-refractivity contribution is -0.144. The third-order valence-electron chi connectivity index (χ3n) is 4.95. The topological polar surface area (TPSA) is 68.2 Å². The molecule has 6 nitrogen and oxygen atoms in total. The van der Waals surface area contributed by atoms with Crippen molar-refractivity contribution in [2.75, 3.05) is 18.1 Å². The van der Waals surface area contributed by atoms with E-state index in [1.165, 1.54) is 0 Å².